The normalized spacial score (nSPS) is 25.3. The van der Waals surface area contributed by atoms with Crippen LogP contribution in [0.3, 0.4) is 0 Å². The van der Waals surface area contributed by atoms with Gasteiger partial charge >= 0.3 is 5.97 Å². The molecule has 2 heterocycles. The summed E-state index contributed by atoms with van der Waals surface area (Å²) in [6.07, 6.45) is 3.54. The van der Waals surface area contributed by atoms with E-state index in [1.165, 1.54) is 5.56 Å². The molecular weight excluding hydrogens is 230 g/mol. The van der Waals surface area contributed by atoms with E-state index in [-0.39, 0.29) is 5.92 Å². The summed E-state index contributed by atoms with van der Waals surface area (Å²) in [6, 6.07) is 0.319. The number of carboxylic acids is 1. The zero-order valence-electron chi connectivity index (χ0n) is 11.3. The summed E-state index contributed by atoms with van der Waals surface area (Å²) in [5.74, 6) is -0.828. The van der Waals surface area contributed by atoms with Crippen LogP contribution in [0.1, 0.15) is 31.0 Å². The van der Waals surface area contributed by atoms with Crippen LogP contribution in [-0.4, -0.2) is 38.3 Å². The Kier molecular flexibility index (Phi) is 3.71. The minimum atomic E-state index is -0.654. The van der Waals surface area contributed by atoms with Gasteiger partial charge in [0, 0.05) is 31.4 Å². The molecule has 5 nitrogen and oxygen atoms in total. The van der Waals surface area contributed by atoms with Crippen LogP contribution in [0.2, 0.25) is 0 Å². The second-order valence-corrected chi connectivity index (χ2v) is 5.29. The van der Waals surface area contributed by atoms with Gasteiger partial charge in [0.2, 0.25) is 0 Å². The summed E-state index contributed by atoms with van der Waals surface area (Å²) in [6.45, 7) is 5.85. The molecule has 0 aromatic carbocycles. The third-order valence-electron chi connectivity index (χ3n) is 3.85. The molecule has 2 unspecified atom stereocenters. The highest BCUT2D eigenvalue weighted by Gasteiger charge is 2.29. The number of piperidine rings is 1. The zero-order valence-corrected chi connectivity index (χ0v) is 11.3. The van der Waals surface area contributed by atoms with Crippen LogP contribution in [0.4, 0.5) is 0 Å². The van der Waals surface area contributed by atoms with E-state index in [2.05, 4.69) is 16.9 Å². The number of aromatic nitrogens is 2. The molecule has 0 amide bonds. The first kappa shape index (κ1) is 13.1. The Labute approximate surface area is 107 Å². The van der Waals surface area contributed by atoms with Gasteiger partial charge in [-0.2, -0.15) is 5.10 Å². The van der Waals surface area contributed by atoms with Crippen molar-refractivity contribution in [3.8, 4) is 0 Å². The molecule has 1 aromatic rings. The van der Waals surface area contributed by atoms with Crippen molar-refractivity contribution in [2.45, 2.75) is 39.3 Å². The second kappa shape index (κ2) is 5.10. The molecule has 0 radical (unpaired) electrons. The molecule has 2 atom stereocenters. The molecule has 0 spiro atoms. The van der Waals surface area contributed by atoms with Crippen molar-refractivity contribution in [2.24, 2.45) is 13.0 Å². The summed E-state index contributed by atoms with van der Waals surface area (Å²) in [7, 11) is 1.93. The van der Waals surface area contributed by atoms with Crippen molar-refractivity contribution in [2.75, 3.05) is 6.54 Å². The fourth-order valence-corrected chi connectivity index (χ4v) is 2.70. The summed E-state index contributed by atoms with van der Waals surface area (Å²) < 4.78 is 1.83. The number of aryl methyl sites for hydroxylation is 2. The summed E-state index contributed by atoms with van der Waals surface area (Å²) in [4.78, 5) is 13.3. The lowest BCUT2D eigenvalue weighted by Crippen LogP contribution is -2.42. The topological polar surface area (TPSA) is 58.4 Å². The Morgan fingerprint density at radius 1 is 1.61 bits per heavy atom. The van der Waals surface area contributed by atoms with Crippen LogP contribution < -0.4 is 0 Å². The van der Waals surface area contributed by atoms with Crippen LogP contribution in [0.25, 0.3) is 0 Å². The van der Waals surface area contributed by atoms with Gasteiger partial charge in [-0.3, -0.25) is 14.4 Å². The lowest BCUT2D eigenvalue weighted by Gasteiger charge is -2.36. The molecule has 5 heteroatoms. The van der Waals surface area contributed by atoms with Crippen molar-refractivity contribution in [3.05, 3.63) is 17.5 Å². The monoisotopic (exact) mass is 251 g/mol. The SMILES string of the molecule is Cc1nn(C)cc1CN1CCC(C(=O)O)CC1C. The Bertz CT molecular complexity index is 441. The summed E-state index contributed by atoms with van der Waals surface area (Å²) in [5, 5.41) is 13.4. The quantitative estimate of drug-likeness (QED) is 0.882. The van der Waals surface area contributed by atoms with Crippen LogP contribution in [0.5, 0.6) is 0 Å². The number of carbonyl (C=O) groups is 1. The molecule has 1 fully saturated rings. The van der Waals surface area contributed by atoms with Crippen LogP contribution in [0.15, 0.2) is 6.20 Å². The lowest BCUT2D eigenvalue weighted by molar-refractivity contribution is -0.144. The van der Waals surface area contributed by atoms with Gasteiger partial charge in [-0.15, -0.1) is 0 Å². The molecule has 1 N–H and O–H groups in total. The predicted molar refractivity (Wildman–Crippen MR) is 68.2 cm³/mol. The van der Waals surface area contributed by atoms with Crippen LogP contribution >= 0.6 is 0 Å². The number of hydrogen-bond acceptors (Lipinski definition) is 3. The Morgan fingerprint density at radius 2 is 2.33 bits per heavy atom. The van der Waals surface area contributed by atoms with E-state index in [1.54, 1.807) is 0 Å². The first-order chi connectivity index (χ1) is 8.47. The number of rotatable bonds is 3. The van der Waals surface area contributed by atoms with E-state index in [0.717, 1.165) is 31.6 Å². The van der Waals surface area contributed by atoms with E-state index in [1.807, 2.05) is 24.9 Å². The van der Waals surface area contributed by atoms with Crippen molar-refractivity contribution in [3.63, 3.8) is 0 Å². The summed E-state index contributed by atoms with van der Waals surface area (Å²) >= 11 is 0. The third kappa shape index (κ3) is 2.72. The van der Waals surface area contributed by atoms with E-state index in [4.69, 9.17) is 5.11 Å². The van der Waals surface area contributed by atoms with Gasteiger partial charge in [-0.05, 0) is 33.2 Å². The van der Waals surface area contributed by atoms with Crippen molar-refractivity contribution in [1.29, 1.82) is 0 Å². The highest BCUT2D eigenvalue weighted by atomic mass is 16.4. The van der Waals surface area contributed by atoms with Crippen molar-refractivity contribution in [1.82, 2.24) is 14.7 Å². The second-order valence-electron chi connectivity index (χ2n) is 5.29. The first-order valence-corrected chi connectivity index (χ1v) is 6.43. The van der Waals surface area contributed by atoms with Gasteiger partial charge in [0.15, 0.2) is 0 Å². The molecule has 1 saturated heterocycles. The molecular formula is C13H21N3O2. The molecule has 0 bridgehead atoms. The van der Waals surface area contributed by atoms with Crippen LogP contribution in [-0.2, 0) is 18.4 Å². The van der Waals surface area contributed by atoms with Crippen LogP contribution in [0, 0.1) is 12.8 Å². The fraction of sp³-hybridized carbons (Fsp3) is 0.692. The standard InChI is InChI=1S/C13H21N3O2/c1-9-6-11(13(17)18)4-5-16(9)8-12-7-15(3)14-10(12)2/h7,9,11H,4-6,8H2,1-3H3,(H,17,18). The number of likely N-dealkylation sites (tertiary alicyclic amines) is 1. The molecule has 2 rings (SSSR count). The molecule has 18 heavy (non-hydrogen) atoms. The lowest BCUT2D eigenvalue weighted by atomic mass is 9.91. The number of carboxylic acid groups (broad SMARTS) is 1. The minimum absolute atomic E-state index is 0.175. The fourth-order valence-electron chi connectivity index (χ4n) is 2.70. The van der Waals surface area contributed by atoms with E-state index >= 15 is 0 Å². The zero-order chi connectivity index (χ0) is 13.3. The van der Waals surface area contributed by atoms with Gasteiger partial charge in [0.05, 0.1) is 11.6 Å². The predicted octanol–water partition coefficient (Wildman–Crippen LogP) is 1.41. The Hall–Kier alpha value is -1.36. The Balaban J connectivity index is 1.99. The number of hydrogen-bond donors (Lipinski definition) is 1. The highest BCUT2D eigenvalue weighted by Crippen LogP contribution is 2.25. The van der Waals surface area contributed by atoms with Gasteiger partial charge in [0.1, 0.15) is 0 Å². The maximum atomic E-state index is 11.0. The van der Waals surface area contributed by atoms with Gasteiger partial charge in [0.25, 0.3) is 0 Å². The molecule has 1 aliphatic rings. The molecule has 0 aliphatic carbocycles. The minimum Gasteiger partial charge on any atom is -0.481 e. The van der Waals surface area contributed by atoms with Crippen molar-refractivity contribution < 1.29 is 9.90 Å². The average molecular weight is 251 g/mol. The van der Waals surface area contributed by atoms with Gasteiger partial charge < -0.3 is 5.11 Å². The molecule has 1 aliphatic heterocycles. The number of nitrogens with zero attached hydrogens (tertiary/aromatic N) is 3. The third-order valence-corrected chi connectivity index (χ3v) is 3.85. The number of aliphatic carboxylic acids is 1. The average Bonchev–Trinajstić information content (AvgIpc) is 2.60. The smallest absolute Gasteiger partial charge is 0.306 e. The molecule has 0 saturated carbocycles. The van der Waals surface area contributed by atoms with Gasteiger partial charge in [-0.1, -0.05) is 0 Å². The maximum absolute atomic E-state index is 11.0. The highest BCUT2D eigenvalue weighted by molar-refractivity contribution is 5.70. The first-order valence-electron chi connectivity index (χ1n) is 6.43. The van der Waals surface area contributed by atoms with Crippen molar-refractivity contribution >= 4 is 5.97 Å². The van der Waals surface area contributed by atoms with E-state index in [9.17, 15) is 4.79 Å². The molecule has 1 aromatic heterocycles. The van der Waals surface area contributed by atoms with E-state index < -0.39 is 5.97 Å². The van der Waals surface area contributed by atoms with Gasteiger partial charge in [-0.25, -0.2) is 0 Å². The largest absolute Gasteiger partial charge is 0.481 e. The molecule has 100 valence electrons. The van der Waals surface area contributed by atoms with E-state index in [0.29, 0.717) is 6.04 Å². The maximum Gasteiger partial charge on any atom is 0.306 e. The Morgan fingerprint density at radius 3 is 2.83 bits per heavy atom. The summed E-state index contributed by atoms with van der Waals surface area (Å²) in [5.41, 5.74) is 2.29.